The molecule has 0 spiro atoms. The van der Waals surface area contributed by atoms with Crippen molar-refractivity contribution in [2.45, 2.75) is 71.3 Å². The van der Waals surface area contributed by atoms with E-state index in [-0.39, 0.29) is 17.6 Å². The van der Waals surface area contributed by atoms with Crippen LogP contribution in [0.1, 0.15) is 41.0 Å². The molecule has 0 aliphatic rings. The molecule has 0 aliphatic heterocycles. The highest BCUT2D eigenvalue weighted by Crippen LogP contribution is 2.07. The highest BCUT2D eigenvalue weighted by Gasteiger charge is 2.32. The molecule has 11 heteroatoms. The number of carbonyl (C=O) groups is 4. The van der Waals surface area contributed by atoms with Gasteiger partial charge in [-0.3, -0.25) is 14.4 Å². The van der Waals surface area contributed by atoms with Crippen LogP contribution in [0.15, 0.2) is 0 Å². The van der Waals surface area contributed by atoms with Crippen LogP contribution in [-0.4, -0.2) is 69.9 Å². The van der Waals surface area contributed by atoms with Crippen molar-refractivity contribution < 1.29 is 29.4 Å². The van der Waals surface area contributed by atoms with Gasteiger partial charge in [-0.2, -0.15) is 12.6 Å². The van der Waals surface area contributed by atoms with E-state index < -0.39 is 54.0 Å². The maximum Gasteiger partial charge on any atom is 0.328 e. The zero-order chi connectivity index (χ0) is 22.9. The molecule has 5 atom stereocenters. The molecular weight excluding hydrogens is 400 g/mol. The van der Waals surface area contributed by atoms with E-state index in [0.29, 0.717) is 6.42 Å². The lowest BCUT2D eigenvalue weighted by Gasteiger charge is -2.27. The standard InChI is InChI=1S/C18H34N4O6S/c1-8(2)6-11(19)15(24)21-13(9(3)4)17(26)20-12(7-29)16(25)22-14(10(5)23)18(27)28/h8-14,23,29H,6-7,19H2,1-5H3,(H,20,26)(H,21,24)(H,22,25)(H,27,28). The fraction of sp³-hybridized carbons (Fsp3) is 0.778. The lowest BCUT2D eigenvalue weighted by atomic mass is 10.00. The number of nitrogens with two attached hydrogens (primary N) is 1. The average Bonchev–Trinajstić information content (AvgIpc) is 2.59. The molecule has 10 nitrogen and oxygen atoms in total. The number of aliphatic hydroxyl groups excluding tert-OH is 1. The summed E-state index contributed by atoms with van der Waals surface area (Å²) in [5.41, 5.74) is 5.85. The smallest absolute Gasteiger partial charge is 0.328 e. The summed E-state index contributed by atoms with van der Waals surface area (Å²) in [6.45, 7) is 8.52. The summed E-state index contributed by atoms with van der Waals surface area (Å²) >= 11 is 4.02. The van der Waals surface area contributed by atoms with Crippen LogP contribution >= 0.6 is 12.6 Å². The zero-order valence-corrected chi connectivity index (χ0v) is 18.4. The van der Waals surface area contributed by atoms with Gasteiger partial charge in [0, 0.05) is 5.75 Å². The van der Waals surface area contributed by atoms with Crippen molar-refractivity contribution in [1.29, 1.82) is 0 Å². The minimum atomic E-state index is -1.53. The monoisotopic (exact) mass is 434 g/mol. The van der Waals surface area contributed by atoms with Crippen molar-refractivity contribution in [3.8, 4) is 0 Å². The van der Waals surface area contributed by atoms with E-state index in [0.717, 1.165) is 0 Å². The second-order valence-corrected chi connectivity index (χ2v) is 8.14. The molecule has 0 bridgehead atoms. The number of carboxylic acid groups (broad SMARTS) is 1. The van der Waals surface area contributed by atoms with Crippen LogP contribution in [0, 0.1) is 11.8 Å². The first-order valence-corrected chi connectivity index (χ1v) is 10.1. The zero-order valence-electron chi connectivity index (χ0n) is 17.5. The molecule has 0 saturated heterocycles. The Balaban J connectivity index is 5.15. The van der Waals surface area contributed by atoms with Gasteiger partial charge in [0.1, 0.15) is 12.1 Å². The van der Waals surface area contributed by atoms with E-state index in [1.807, 2.05) is 13.8 Å². The topological polar surface area (TPSA) is 171 Å². The van der Waals surface area contributed by atoms with Crippen LogP contribution in [0.2, 0.25) is 0 Å². The highest BCUT2D eigenvalue weighted by molar-refractivity contribution is 7.80. The van der Waals surface area contributed by atoms with E-state index in [1.54, 1.807) is 13.8 Å². The Morgan fingerprint density at radius 3 is 1.79 bits per heavy atom. The molecule has 3 amide bonds. The summed E-state index contributed by atoms with van der Waals surface area (Å²) in [5.74, 6) is -3.53. The van der Waals surface area contributed by atoms with Crippen molar-refractivity contribution in [3.63, 3.8) is 0 Å². The Morgan fingerprint density at radius 1 is 0.897 bits per heavy atom. The number of thiol groups is 1. The number of carbonyl (C=O) groups excluding carboxylic acids is 3. The minimum Gasteiger partial charge on any atom is -0.480 e. The number of hydrogen-bond donors (Lipinski definition) is 7. The minimum absolute atomic E-state index is 0.116. The largest absolute Gasteiger partial charge is 0.480 e. The molecule has 0 heterocycles. The van der Waals surface area contributed by atoms with Gasteiger partial charge in [-0.1, -0.05) is 27.7 Å². The van der Waals surface area contributed by atoms with E-state index in [1.165, 1.54) is 6.92 Å². The fourth-order valence-electron chi connectivity index (χ4n) is 2.51. The van der Waals surface area contributed by atoms with Gasteiger partial charge in [0.15, 0.2) is 6.04 Å². The maximum absolute atomic E-state index is 12.6. The van der Waals surface area contributed by atoms with E-state index in [4.69, 9.17) is 10.8 Å². The Bertz CT molecular complexity index is 585. The first-order valence-electron chi connectivity index (χ1n) is 9.50. The number of amides is 3. The maximum atomic E-state index is 12.6. The average molecular weight is 435 g/mol. The van der Waals surface area contributed by atoms with Gasteiger partial charge in [-0.25, -0.2) is 4.79 Å². The third kappa shape index (κ3) is 9.46. The first-order chi connectivity index (χ1) is 13.3. The van der Waals surface area contributed by atoms with Crippen LogP contribution in [0.5, 0.6) is 0 Å². The summed E-state index contributed by atoms with van der Waals surface area (Å²) < 4.78 is 0. The molecule has 0 aromatic rings. The van der Waals surface area contributed by atoms with Crippen LogP contribution in [0.25, 0.3) is 0 Å². The number of aliphatic hydroxyl groups is 1. The Hall–Kier alpha value is -1.85. The molecule has 0 aromatic heterocycles. The number of carboxylic acids is 1. The second kappa shape index (κ2) is 12.7. The third-order valence-corrected chi connectivity index (χ3v) is 4.54. The van der Waals surface area contributed by atoms with Crippen molar-refractivity contribution in [2.24, 2.45) is 17.6 Å². The van der Waals surface area contributed by atoms with E-state index in [9.17, 15) is 24.3 Å². The number of aliphatic carboxylic acids is 1. The molecule has 0 rings (SSSR count). The van der Waals surface area contributed by atoms with Gasteiger partial charge in [0.2, 0.25) is 17.7 Å². The number of nitrogens with one attached hydrogen (secondary N) is 3. The number of hydrogen-bond acceptors (Lipinski definition) is 7. The fourth-order valence-corrected chi connectivity index (χ4v) is 2.77. The summed E-state index contributed by atoms with van der Waals surface area (Å²) in [6.07, 6.45) is -0.881. The summed E-state index contributed by atoms with van der Waals surface area (Å²) in [6, 6.07) is -4.40. The number of rotatable bonds is 12. The van der Waals surface area contributed by atoms with Crippen molar-refractivity contribution >= 4 is 36.3 Å². The molecule has 7 N–H and O–H groups in total. The third-order valence-electron chi connectivity index (χ3n) is 4.17. The van der Waals surface area contributed by atoms with Crippen LogP contribution < -0.4 is 21.7 Å². The van der Waals surface area contributed by atoms with E-state index >= 15 is 0 Å². The molecule has 0 aromatic carbocycles. The van der Waals surface area contributed by atoms with Crippen LogP contribution in [0.4, 0.5) is 0 Å². The lowest BCUT2D eigenvalue weighted by molar-refractivity contribution is -0.145. The van der Waals surface area contributed by atoms with Gasteiger partial charge in [-0.05, 0) is 25.2 Å². The van der Waals surface area contributed by atoms with Crippen LogP contribution in [-0.2, 0) is 19.2 Å². The normalized spacial score (nSPS) is 16.5. The van der Waals surface area contributed by atoms with Gasteiger partial charge < -0.3 is 31.9 Å². The SMILES string of the molecule is CC(C)CC(N)C(=O)NC(C(=O)NC(CS)C(=O)NC(C(=O)O)C(C)O)C(C)C. The molecule has 5 unspecified atom stereocenters. The second-order valence-electron chi connectivity index (χ2n) is 7.78. The van der Waals surface area contributed by atoms with Crippen LogP contribution in [0.3, 0.4) is 0 Å². The van der Waals surface area contributed by atoms with Crippen molar-refractivity contribution in [1.82, 2.24) is 16.0 Å². The predicted octanol–water partition coefficient (Wildman–Crippen LogP) is -1.13. The first kappa shape index (κ1) is 27.1. The Labute approximate surface area is 176 Å². The Morgan fingerprint density at radius 2 is 1.41 bits per heavy atom. The Kier molecular flexibility index (Phi) is 11.8. The molecule has 0 fully saturated rings. The van der Waals surface area contributed by atoms with Gasteiger partial charge in [-0.15, -0.1) is 0 Å². The van der Waals surface area contributed by atoms with Gasteiger partial charge in [0.25, 0.3) is 0 Å². The molecule has 0 radical (unpaired) electrons. The predicted molar refractivity (Wildman–Crippen MR) is 111 cm³/mol. The molecular formula is C18H34N4O6S. The molecule has 0 saturated carbocycles. The van der Waals surface area contributed by atoms with Gasteiger partial charge in [0.05, 0.1) is 12.1 Å². The van der Waals surface area contributed by atoms with Gasteiger partial charge >= 0.3 is 5.97 Å². The molecule has 0 aliphatic carbocycles. The molecule has 168 valence electrons. The highest BCUT2D eigenvalue weighted by atomic mass is 32.1. The summed E-state index contributed by atoms with van der Waals surface area (Å²) in [5, 5.41) is 25.8. The van der Waals surface area contributed by atoms with E-state index in [2.05, 4.69) is 28.6 Å². The summed E-state index contributed by atoms with van der Waals surface area (Å²) in [4.78, 5) is 48.4. The quantitative estimate of drug-likeness (QED) is 0.190. The summed E-state index contributed by atoms with van der Waals surface area (Å²) in [7, 11) is 0. The lowest BCUT2D eigenvalue weighted by Crippen LogP contribution is -2.59. The van der Waals surface area contributed by atoms with Crippen molar-refractivity contribution in [2.75, 3.05) is 5.75 Å². The van der Waals surface area contributed by atoms with Crippen molar-refractivity contribution in [3.05, 3.63) is 0 Å². The molecule has 29 heavy (non-hydrogen) atoms.